The molecular weight excluding hydrogens is 340 g/mol. The Kier molecular flexibility index (Phi) is 5.21. The summed E-state index contributed by atoms with van der Waals surface area (Å²) in [6, 6.07) is 16.8. The van der Waals surface area contributed by atoms with Gasteiger partial charge in [0.1, 0.15) is 5.75 Å². The van der Waals surface area contributed by atoms with Crippen molar-refractivity contribution in [2.75, 3.05) is 19.7 Å². The second-order valence-corrected chi connectivity index (χ2v) is 7.19. The molecule has 2 atom stereocenters. The normalized spacial score (nSPS) is 21.6. The van der Waals surface area contributed by atoms with Crippen molar-refractivity contribution in [1.82, 2.24) is 10.2 Å². The number of fused-ring (bicyclic) bond motifs is 2. The molecule has 2 aliphatic rings. The van der Waals surface area contributed by atoms with Gasteiger partial charge in [0.25, 0.3) is 5.91 Å². The average Bonchev–Trinajstić information content (AvgIpc) is 2.99. The standard InChI is InChI=1S/C22H24N2O3/c25-21(24-18-8-9-19(24)14-23-13-12-18)15-27-20-10-6-17(7-11-20)22(26)16-4-2-1-3-5-16/h1-7,10-11,18-19,23H,8-9,12-15H2. The number of ketones is 1. The number of benzene rings is 2. The quantitative estimate of drug-likeness (QED) is 0.829. The van der Waals surface area contributed by atoms with Crippen LogP contribution < -0.4 is 10.1 Å². The molecule has 2 aromatic rings. The van der Waals surface area contributed by atoms with Crippen LogP contribution in [-0.2, 0) is 4.79 Å². The van der Waals surface area contributed by atoms with Crippen molar-refractivity contribution in [3.63, 3.8) is 0 Å². The number of rotatable bonds is 5. The highest BCUT2D eigenvalue weighted by Crippen LogP contribution is 2.28. The molecule has 0 aromatic heterocycles. The van der Waals surface area contributed by atoms with Gasteiger partial charge in [0, 0.05) is 29.8 Å². The molecule has 140 valence electrons. The largest absolute Gasteiger partial charge is 0.484 e. The predicted octanol–water partition coefficient (Wildman–Crippen LogP) is 2.65. The minimum atomic E-state index is -0.0214. The Morgan fingerprint density at radius 2 is 1.63 bits per heavy atom. The lowest BCUT2D eigenvalue weighted by Crippen LogP contribution is -2.44. The molecule has 2 saturated heterocycles. The molecule has 2 aliphatic heterocycles. The fourth-order valence-corrected chi connectivity index (χ4v) is 4.07. The van der Waals surface area contributed by atoms with E-state index in [1.54, 1.807) is 36.4 Å². The molecule has 4 rings (SSSR count). The van der Waals surface area contributed by atoms with Gasteiger partial charge in [-0.05, 0) is 50.1 Å². The third-order valence-corrected chi connectivity index (χ3v) is 5.46. The third-order valence-electron chi connectivity index (χ3n) is 5.46. The summed E-state index contributed by atoms with van der Waals surface area (Å²) >= 11 is 0. The molecule has 2 unspecified atom stereocenters. The summed E-state index contributed by atoms with van der Waals surface area (Å²) in [4.78, 5) is 27.1. The van der Waals surface area contributed by atoms with Crippen molar-refractivity contribution < 1.29 is 14.3 Å². The van der Waals surface area contributed by atoms with Gasteiger partial charge in [0.05, 0.1) is 0 Å². The molecule has 0 aliphatic carbocycles. The van der Waals surface area contributed by atoms with Crippen LogP contribution in [0.1, 0.15) is 35.2 Å². The van der Waals surface area contributed by atoms with E-state index in [1.807, 2.05) is 23.1 Å². The Balaban J connectivity index is 1.36. The van der Waals surface area contributed by atoms with E-state index in [2.05, 4.69) is 5.32 Å². The zero-order chi connectivity index (χ0) is 18.6. The first-order valence-electron chi connectivity index (χ1n) is 9.57. The van der Waals surface area contributed by atoms with Gasteiger partial charge in [-0.2, -0.15) is 0 Å². The zero-order valence-electron chi connectivity index (χ0n) is 15.3. The molecule has 5 nitrogen and oxygen atoms in total. The molecule has 27 heavy (non-hydrogen) atoms. The molecule has 0 saturated carbocycles. The molecule has 2 aromatic carbocycles. The van der Waals surface area contributed by atoms with Crippen molar-refractivity contribution in [3.05, 3.63) is 65.7 Å². The van der Waals surface area contributed by atoms with Gasteiger partial charge >= 0.3 is 0 Å². The first kappa shape index (κ1) is 17.7. The summed E-state index contributed by atoms with van der Waals surface area (Å²) in [7, 11) is 0. The van der Waals surface area contributed by atoms with E-state index in [9.17, 15) is 9.59 Å². The number of carbonyl (C=O) groups is 2. The van der Waals surface area contributed by atoms with Crippen LogP contribution in [0.4, 0.5) is 0 Å². The average molecular weight is 364 g/mol. The Labute approximate surface area is 159 Å². The van der Waals surface area contributed by atoms with Crippen LogP contribution in [0, 0.1) is 0 Å². The second-order valence-electron chi connectivity index (χ2n) is 7.19. The maximum absolute atomic E-state index is 12.7. The Hall–Kier alpha value is -2.66. The second kappa shape index (κ2) is 7.92. The number of hydrogen-bond acceptors (Lipinski definition) is 4. The number of amides is 1. The summed E-state index contributed by atoms with van der Waals surface area (Å²) in [5.74, 6) is 0.635. The highest BCUT2D eigenvalue weighted by atomic mass is 16.5. The molecule has 2 heterocycles. The van der Waals surface area contributed by atoms with E-state index in [0.717, 1.165) is 32.4 Å². The summed E-state index contributed by atoms with van der Waals surface area (Å²) in [6.07, 6.45) is 3.17. The van der Waals surface area contributed by atoms with Crippen molar-refractivity contribution in [2.24, 2.45) is 0 Å². The predicted molar refractivity (Wildman–Crippen MR) is 103 cm³/mol. The maximum atomic E-state index is 12.7. The van der Waals surface area contributed by atoms with E-state index in [4.69, 9.17) is 4.74 Å². The first-order valence-corrected chi connectivity index (χ1v) is 9.57. The van der Waals surface area contributed by atoms with Crippen LogP contribution in [0.25, 0.3) is 0 Å². The van der Waals surface area contributed by atoms with Crippen LogP contribution in [0.15, 0.2) is 54.6 Å². The lowest BCUT2D eigenvalue weighted by Gasteiger charge is -2.27. The summed E-state index contributed by atoms with van der Waals surface area (Å²) in [6.45, 7) is 1.89. The molecule has 1 N–H and O–H groups in total. The zero-order valence-corrected chi connectivity index (χ0v) is 15.3. The summed E-state index contributed by atoms with van der Waals surface area (Å²) < 4.78 is 5.70. The van der Waals surface area contributed by atoms with Crippen molar-refractivity contribution in [2.45, 2.75) is 31.3 Å². The number of nitrogens with zero attached hydrogens (tertiary/aromatic N) is 1. The van der Waals surface area contributed by atoms with Gasteiger partial charge in [-0.25, -0.2) is 0 Å². The van der Waals surface area contributed by atoms with Gasteiger partial charge in [-0.1, -0.05) is 30.3 Å². The van der Waals surface area contributed by atoms with Gasteiger partial charge in [0.2, 0.25) is 0 Å². The van der Waals surface area contributed by atoms with E-state index in [0.29, 0.717) is 29.0 Å². The van der Waals surface area contributed by atoms with Gasteiger partial charge in [-0.3, -0.25) is 9.59 Å². The Morgan fingerprint density at radius 1 is 0.926 bits per heavy atom. The molecular formula is C22H24N2O3. The van der Waals surface area contributed by atoms with Crippen molar-refractivity contribution >= 4 is 11.7 Å². The first-order chi connectivity index (χ1) is 13.2. The van der Waals surface area contributed by atoms with E-state index >= 15 is 0 Å². The fourth-order valence-electron chi connectivity index (χ4n) is 4.07. The molecule has 1 amide bonds. The van der Waals surface area contributed by atoms with Crippen LogP contribution in [0.5, 0.6) is 5.75 Å². The minimum absolute atomic E-state index is 0.0214. The van der Waals surface area contributed by atoms with E-state index in [1.165, 1.54) is 0 Å². The van der Waals surface area contributed by atoms with Crippen molar-refractivity contribution in [3.8, 4) is 5.75 Å². The monoisotopic (exact) mass is 364 g/mol. The van der Waals surface area contributed by atoms with Gasteiger partial charge < -0.3 is 15.0 Å². The minimum Gasteiger partial charge on any atom is -0.484 e. The van der Waals surface area contributed by atoms with Gasteiger partial charge in [-0.15, -0.1) is 0 Å². The third kappa shape index (κ3) is 3.88. The van der Waals surface area contributed by atoms with E-state index in [-0.39, 0.29) is 18.3 Å². The van der Waals surface area contributed by atoms with Crippen molar-refractivity contribution in [1.29, 1.82) is 0 Å². The van der Waals surface area contributed by atoms with E-state index < -0.39 is 0 Å². The number of nitrogens with one attached hydrogen (secondary N) is 1. The smallest absolute Gasteiger partial charge is 0.261 e. The van der Waals surface area contributed by atoms with Crippen LogP contribution >= 0.6 is 0 Å². The van der Waals surface area contributed by atoms with Crippen LogP contribution in [0.2, 0.25) is 0 Å². The highest BCUT2D eigenvalue weighted by molar-refractivity contribution is 6.08. The summed E-state index contributed by atoms with van der Waals surface area (Å²) in [5.41, 5.74) is 1.27. The summed E-state index contributed by atoms with van der Waals surface area (Å²) in [5, 5.41) is 3.40. The SMILES string of the molecule is O=C(c1ccccc1)c1ccc(OCC(=O)N2C3CCNCC2CC3)cc1. The molecule has 5 heteroatoms. The van der Waals surface area contributed by atoms with Gasteiger partial charge in [0.15, 0.2) is 12.4 Å². The Bertz CT molecular complexity index is 790. The lowest BCUT2D eigenvalue weighted by atomic mass is 10.0. The lowest BCUT2D eigenvalue weighted by molar-refractivity contribution is -0.136. The number of hydrogen-bond donors (Lipinski definition) is 1. The molecule has 2 fully saturated rings. The topological polar surface area (TPSA) is 58.6 Å². The van der Waals surface area contributed by atoms with Crippen LogP contribution in [0.3, 0.4) is 0 Å². The Morgan fingerprint density at radius 3 is 2.41 bits per heavy atom. The highest BCUT2D eigenvalue weighted by Gasteiger charge is 2.37. The fraction of sp³-hybridized carbons (Fsp3) is 0.364. The molecule has 0 radical (unpaired) electrons. The molecule has 0 spiro atoms. The maximum Gasteiger partial charge on any atom is 0.261 e. The number of ether oxygens (including phenoxy) is 1. The molecule has 2 bridgehead atoms. The van der Waals surface area contributed by atoms with Crippen LogP contribution in [-0.4, -0.2) is 48.4 Å². The number of carbonyl (C=O) groups excluding carboxylic acids is 2.